The Morgan fingerprint density at radius 2 is 1.60 bits per heavy atom. The summed E-state index contributed by atoms with van der Waals surface area (Å²) in [6.07, 6.45) is 1.99. The Hall–Kier alpha value is -2.55. The molecular weight excluding hydrogens is 252 g/mol. The van der Waals surface area contributed by atoms with Crippen molar-refractivity contribution in [2.45, 2.75) is 13.3 Å². The predicted octanol–water partition coefficient (Wildman–Crippen LogP) is 3.31. The minimum Gasteiger partial charge on any atom is -0.508 e. The molecule has 0 fully saturated rings. The summed E-state index contributed by atoms with van der Waals surface area (Å²) >= 11 is 0. The van der Waals surface area contributed by atoms with E-state index in [0.717, 1.165) is 0 Å². The van der Waals surface area contributed by atoms with Gasteiger partial charge >= 0.3 is 0 Å². The van der Waals surface area contributed by atoms with Crippen LogP contribution in [0.2, 0.25) is 0 Å². The number of phenolic OH excluding ortho intramolecular Hbond substituents is 2. The smallest absolute Gasteiger partial charge is 0.156 e. The highest BCUT2D eigenvalue weighted by Gasteiger charge is 2.09. The number of rotatable bonds is 4. The number of phenols is 2. The molecule has 0 aliphatic heterocycles. The molecule has 0 saturated carbocycles. The van der Waals surface area contributed by atoms with E-state index in [1.54, 1.807) is 48.5 Å². The number of para-hydroxylation sites is 2. The van der Waals surface area contributed by atoms with Crippen molar-refractivity contribution in [2.75, 3.05) is 0 Å². The summed E-state index contributed by atoms with van der Waals surface area (Å²) in [6.45, 7) is 1.48. The first-order valence-electron chi connectivity index (χ1n) is 6.34. The number of hydrogen-bond donors (Lipinski definition) is 2. The van der Waals surface area contributed by atoms with Gasteiger partial charge in [0.25, 0.3) is 0 Å². The second-order valence-corrected chi connectivity index (χ2v) is 4.59. The zero-order valence-electron chi connectivity index (χ0n) is 11.2. The number of benzene rings is 2. The van der Waals surface area contributed by atoms with Crippen LogP contribution in [0.1, 0.15) is 18.1 Å². The Balaban J connectivity index is 2.36. The third-order valence-corrected chi connectivity index (χ3v) is 3.09. The molecular formula is C17H16O3. The number of carbonyl (C=O) groups excluding carboxylic acids is 1. The van der Waals surface area contributed by atoms with Gasteiger partial charge in [0.15, 0.2) is 5.78 Å². The van der Waals surface area contributed by atoms with Crippen LogP contribution < -0.4 is 0 Å². The van der Waals surface area contributed by atoms with Crippen molar-refractivity contribution in [3.05, 3.63) is 65.2 Å². The van der Waals surface area contributed by atoms with E-state index in [1.807, 2.05) is 6.07 Å². The Labute approximate surface area is 117 Å². The molecule has 2 N–H and O–H groups in total. The summed E-state index contributed by atoms with van der Waals surface area (Å²) < 4.78 is 0. The minimum atomic E-state index is -0.0866. The van der Waals surface area contributed by atoms with Crippen LogP contribution in [0.15, 0.2) is 54.1 Å². The number of aromatic hydroxyl groups is 2. The van der Waals surface area contributed by atoms with E-state index in [4.69, 9.17) is 0 Å². The van der Waals surface area contributed by atoms with Crippen molar-refractivity contribution in [2.24, 2.45) is 0 Å². The normalized spacial score (nSPS) is 11.3. The lowest BCUT2D eigenvalue weighted by Crippen LogP contribution is -2.01. The van der Waals surface area contributed by atoms with Crippen LogP contribution in [0, 0.1) is 0 Å². The molecule has 0 aromatic heterocycles. The summed E-state index contributed by atoms with van der Waals surface area (Å²) in [6, 6.07) is 13.7. The highest BCUT2D eigenvalue weighted by molar-refractivity contribution is 5.98. The zero-order valence-corrected chi connectivity index (χ0v) is 11.2. The Kier molecular flexibility index (Phi) is 4.20. The van der Waals surface area contributed by atoms with Crippen molar-refractivity contribution in [1.29, 1.82) is 0 Å². The summed E-state index contributed by atoms with van der Waals surface area (Å²) in [5.41, 5.74) is 1.81. The Morgan fingerprint density at radius 3 is 2.20 bits per heavy atom. The summed E-state index contributed by atoms with van der Waals surface area (Å²) in [7, 11) is 0. The minimum absolute atomic E-state index is 0.0866. The number of ketones is 1. The molecule has 0 unspecified atom stereocenters. The van der Waals surface area contributed by atoms with E-state index in [9.17, 15) is 15.0 Å². The van der Waals surface area contributed by atoms with Gasteiger partial charge in [-0.2, -0.15) is 0 Å². The molecule has 0 atom stereocenters. The van der Waals surface area contributed by atoms with Crippen LogP contribution >= 0.6 is 0 Å². The maximum Gasteiger partial charge on any atom is 0.156 e. The van der Waals surface area contributed by atoms with Gasteiger partial charge in [-0.1, -0.05) is 36.4 Å². The molecule has 20 heavy (non-hydrogen) atoms. The number of carbonyl (C=O) groups is 1. The second kappa shape index (κ2) is 6.06. The SMILES string of the molecule is CC(=O)C(=Cc1ccccc1O)Cc1ccccc1O. The van der Waals surface area contributed by atoms with Crippen molar-refractivity contribution in [1.82, 2.24) is 0 Å². The van der Waals surface area contributed by atoms with Crippen molar-refractivity contribution in [3.8, 4) is 11.5 Å². The lowest BCUT2D eigenvalue weighted by atomic mass is 9.99. The van der Waals surface area contributed by atoms with E-state index in [0.29, 0.717) is 23.1 Å². The molecule has 0 amide bonds. The van der Waals surface area contributed by atoms with Crippen LogP contribution in [0.3, 0.4) is 0 Å². The molecule has 2 aromatic carbocycles. The Morgan fingerprint density at radius 1 is 1.00 bits per heavy atom. The fourth-order valence-electron chi connectivity index (χ4n) is 1.94. The number of hydrogen-bond acceptors (Lipinski definition) is 3. The summed E-state index contributed by atoms with van der Waals surface area (Å²) in [5, 5.41) is 19.5. The predicted molar refractivity (Wildman–Crippen MR) is 78.6 cm³/mol. The lowest BCUT2D eigenvalue weighted by molar-refractivity contribution is -0.113. The molecule has 0 bridgehead atoms. The molecule has 0 heterocycles. The Bertz CT molecular complexity index is 657. The summed E-state index contributed by atoms with van der Waals surface area (Å²) in [5.74, 6) is 0.206. The molecule has 0 spiro atoms. The van der Waals surface area contributed by atoms with Crippen molar-refractivity contribution >= 4 is 11.9 Å². The third kappa shape index (κ3) is 3.26. The average molecular weight is 268 g/mol. The standard InChI is InChI=1S/C17H16O3/c1-12(18)15(10-13-6-2-4-8-16(13)19)11-14-7-3-5-9-17(14)20/h2-10,19-20H,11H2,1H3. The van der Waals surface area contributed by atoms with Gasteiger partial charge in [-0.15, -0.1) is 0 Å². The zero-order chi connectivity index (χ0) is 14.5. The first-order valence-corrected chi connectivity index (χ1v) is 6.34. The molecule has 102 valence electrons. The molecule has 0 aliphatic rings. The second-order valence-electron chi connectivity index (χ2n) is 4.59. The largest absolute Gasteiger partial charge is 0.508 e. The lowest BCUT2D eigenvalue weighted by Gasteiger charge is -2.07. The maximum absolute atomic E-state index is 11.7. The van der Waals surface area contributed by atoms with E-state index >= 15 is 0 Å². The van der Waals surface area contributed by atoms with E-state index in [2.05, 4.69) is 0 Å². The highest BCUT2D eigenvalue weighted by atomic mass is 16.3. The monoisotopic (exact) mass is 268 g/mol. The third-order valence-electron chi connectivity index (χ3n) is 3.09. The fourth-order valence-corrected chi connectivity index (χ4v) is 1.94. The van der Waals surface area contributed by atoms with Crippen LogP contribution in [0.5, 0.6) is 11.5 Å². The van der Waals surface area contributed by atoms with E-state index in [1.165, 1.54) is 6.92 Å². The first kappa shape index (κ1) is 13.9. The first-order chi connectivity index (χ1) is 9.58. The maximum atomic E-state index is 11.7. The quantitative estimate of drug-likeness (QED) is 0.836. The summed E-state index contributed by atoms with van der Waals surface area (Å²) in [4.78, 5) is 11.7. The van der Waals surface area contributed by atoms with Gasteiger partial charge in [0, 0.05) is 17.6 Å². The van der Waals surface area contributed by atoms with Gasteiger partial charge in [0.1, 0.15) is 11.5 Å². The van der Waals surface area contributed by atoms with Crippen LogP contribution in [0.4, 0.5) is 0 Å². The van der Waals surface area contributed by atoms with Crippen LogP contribution in [0.25, 0.3) is 6.08 Å². The van der Waals surface area contributed by atoms with E-state index in [-0.39, 0.29) is 17.3 Å². The van der Waals surface area contributed by atoms with Gasteiger partial charge in [0.05, 0.1) is 0 Å². The molecule has 0 saturated heterocycles. The molecule has 0 radical (unpaired) electrons. The average Bonchev–Trinajstić information content (AvgIpc) is 2.42. The van der Waals surface area contributed by atoms with Gasteiger partial charge in [-0.3, -0.25) is 4.79 Å². The van der Waals surface area contributed by atoms with Crippen LogP contribution in [-0.4, -0.2) is 16.0 Å². The van der Waals surface area contributed by atoms with Crippen LogP contribution in [-0.2, 0) is 11.2 Å². The van der Waals surface area contributed by atoms with Gasteiger partial charge in [-0.05, 0) is 30.7 Å². The number of Topliss-reactive ketones (excluding diaryl/α,β-unsaturated/α-hetero) is 1. The molecule has 3 nitrogen and oxygen atoms in total. The molecule has 0 aliphatic carbocycles. The number of allylic oxidation sites excluding steroid dienone is 1. The fraction of sp³-hybridized carbons (Fsp3) is 0.118. The molecule has 3 heteroatoms. The van der Waals surface area contributed by atoms with Gasteiger partial charge in [0.2, 0.25) is 0 Å². The molecule has 2 rings (SSSR count). The van der Waals surface area contributed by atoms with Gasteiger partial charge < -0.3 is 10.2 Å². The van der Waals surface area contributed by atoms with Gasteiger partial charge in [-0.25, -0.2) is 0 Å². The van der Waals surface area contributed by atoms with Crippen molar-refractivity contribution < 1.29 is 15.0 Å². The van der Waals surface area contributed by atoms with Crippen molar-refractivity contribution in [3.63, 3.8) is 0 Å². The topological polar surface area (TPSA) is 57.5 Å². The molecule has 2 aromatic rings. The highest BCUT2D eigenvalue weighted by Crippen LogP contribution is 2.24. The van der Waals surface area contributed by atoms with E-state index < -0.39 is 0 Å².